The fraction of sp³-hybridized carbons (Fsp3) is 0.500. The molecule has 7 N–H and O–H groups in total. The van der Waals surface area contributed by atoms with Gasteiger partial charge in [0.15, 0.2) is 11.5 Å². The van der Waals surface area contributed by atoms with E-state index in [0.717, 1.165) is 0 Å². The van der Waals surface area contributed by atoms with Crippen LogP contribution in [-0.4, -0.2) is 58.9 Å². The molecule has 10 heteroatoms. The molecule has 1 saturated heterocycles. The number of rotatable bonds is 2. The summed E-state index contributed by atoms with van der Waals surface area (Å²) in [5.74, 6) is 0.174. The lowest BCUT2D eigenvalue weighted by Crippen LogP contribution is -2.32. The van der Waals surface area contributed by atoms with Crippen molar-refractivity contribution >= 4 is 34.7 Å². The van der Waals surface area contributed by atoms with Crippen LogP contribution in [0.1, 0.15) is 5.37 Å². The molecule has 0 saturated carbocycles. The highest BCUT2D eigenvalue weighted by atomic mass is 32.2. The predicted octanol–water partition coefficient (Wildman–Crippen LogP) is -1.68. The number of nitrogen functional groups attached to an aromatic ring is 2. The molecule has 2 aromatic heterocycles. The van der Waals surface area contributed by atoms with Crippen LogP contribution >= 0.6 is 11.8 Å². The maximum atomic E-state index is 10.1. The van der Waals surface area contributed by atoms with Gasteiger partial charge in [0, 0.05) is 0 Å². The van der Waals surface area contributed by atoms with Crippen molar-refractivity contribution in [3.05, 3.63) is 6.33 Å². The minimum atomic E-state index is -1.05. The highest BCUT2D eigenvalue weighted by Crippen LogP contribution is 2.43. The normalized spacial score (nSPS) is 30.1. The van der Waals surface area contributed by atoms with Gasteiger partial charge < -0.3 is 31.4 Å². The SMILES string of the molecule is Nc1nc(N)c2c(ncn2[C@H]2S[C@H](CO)[C@@H](O)[C@@H]2O)n1. The number of aliphatic hydroxyl groups is 3. The number of fused-ring (bicyclic) bond motifs is 1. The number of nitrogens with zero attached hydrogens (tertiary/aromatic N) is 4. The first-order valence-electron chi connectivity index (χ1n) is 5.91. The van der Waals surface area contributed by atoms with Crippen molar-refractivity contribution in [1.29, 1.82) is 0 Å². The zero-order chi connectivity index (χ0) is 14.4. The molecule has 4 atom stereocenters. The molecular formula is C10H14N6O3S. The molecule has 1 aliphatic heterocycles. The number of anilines is 2. The third-order valence-corrected chi connectivity index (χ3v) is 4.83. The van der Waals surface area contributed by atoms with Crippen LogP contribution in [0, 0.1) is 0 Å². The van der Waals surface area contributed by atoms with E-state index < -0.39 is 22.8 Å². The molecule has 1 aliphatic rings. The molecule has 1 fully saturated rings. The van der Waals surface area contributed by atoms with Crippen molar-refractivity contribution in [1.82, 2.24) is 19.5 Å². The van der Waals surface area contributed by atoms with Crippen LogP contribution in [0.2, 0.25) is 0 Å². The Bertz CT molecular complexity index is 649. The summed E-state index contributed by atoms with van der Waals surface area (Å²) < 4.78 is 1.60. The second-order valence-electron chi connectivity index (χ2n) is 4.52. The van der Waals surface area contributed by atoms with Crippen molar-refractivity contribution in [2.45, 2.75) is 22.8 Å². The minimum absolute atomic E-state index is 0.0214. The summed E-state index contributed by atoms with van der Waals surface area (Å²) in [6, 6.07) is 0. The molecule has 108 valence electrons. The topological polar surface area (TPSA) is 156 Å². The van der Waals surface area contributed by atoms with E-state index in [-0.39, 0.29) is 18.4 Å². The Balaban J connectivity index is 2.07. The molecule has 9 nitrogen and oxygen atoms in total. The third-order valence-electron chi connectivity index (χ3n) is 3.26. The molecular weight excluding hydrogens is 284 g/mol. The summed E-state index contributed by atoms with van der Waals surface area (Å²) in [6.07, 6.45) is -0.613. The zero-order valence-electron chi connectivity index (χ0n) is 10.3. The summed E-state index contributed by atoms with van der Waals surface area (Å²) in [5, 5.41) is 28.2. The second kappa shape index (κ2) is 4.74. The van der Waals surface area contributed by atoms with Crippen LogP contribution in [0.5, 0.6) is 0 Å². The van der Waals surface area contributed by atoms with Gasteiger partial charge in [-0.2, -0.15) is 9.97 Å². The van der Waals surface area contributed by atoms with Crippen LogP contribution in [-0.2, 0) is 0 Å². The average Bonchev–Trinajstić information content (AvgIpc) is 2.93. The summed E-state index contributed by atoms with van der Waals surface area (Å²) in [4.78, 5) is 11.9. The van der Waals surface area contributed by atoms with E-state index in [1.807, 2.05) is 0 Å². The van der Waals surface area contributed by atoms with Crippen LogP contribution in [0.4, 0.5) is 11.8 Å². The Morgan fingerprint density at radius 3 is 2.65 bits per heavy atom. The zero-order valence-corrected chi connectivity index (χ0v) is 11.1. The van der Waals surface area contributed by atoms with Gasteiger partial charge in [-0.25, -0.2) is 4.98 Å². The number of nitrogens with two attached hydrogens (primary N) is 2. The molecule has 0 radical (unpaired) electrons. The van der Waals surface area contributed by atoms with Crippen molar-refractivity contribution in [3.8, 4) is 0 Å². The van der Waals surface area contributed by atoms with Crippen molar-refractivity contribution in [3.63, 3.8) is 0 Å². The quantitative estimate of drug-likeness (QED) is 0.436. The smallest absolute Gasteiger partial charge is 0.224 e. The van der Waals surface area contributed by atoms with Gasteiger partial charge in [-0.05, 0) is 0 Å². The van der Waals surface area contributed by atoms with E-state index in [9.17, 15) is 15.3 Å². The van der Waals surface area contributed by atoms with E-state index in [4.69, 9.17) is 11.5 Å². The van der Waals surface area contributed by atoms with E-state index in [1.54, 1.807) is 4.57 Å². The maximum Gasteiger partial charge on any atom is 0.224 e. The Morgan fingerprint density at radius 2 is 2.00 bits per heavy atom. The molecule has 0 unspecified atom stereocenters. The van der Waals surface area contributed by atoms with Crippen LogP contribution < -0.4 is 11.5 Å². The fourth-order valence-electron chi connectivity index (χ4n) is 2.29. The lowest BCUT2D eigenvalue weighted by atomic mass is 10.1. The van der Waals surface area contributed by atoms with Gasteiger partial charge in [-0.1, -0.05) is 0 Å². The van der Waals surface area contributed by atoms with Gasteiger partial charge in [-0.15, -0.1) is 11.8 Å². The highest BCUT2D eigenvalue weighted by molar-refractivity contribution is 8.00. The van der Waals surface area contributed by atoms with Gasteiger partial charge >= 0.3 is 0 Å². The Kier molecular flexibility index (Phi) is 3.17. The number of aliphatic hydroxyl groups excluding tert-OH is 3. The first-order valence-corrected chi connectivity index (χ1v) is 6.85. The molecule has 0 amide bonds. The largest absolute Gasteiger partial charge is 0.395 e. The highest BCUT2D eigenvalue weighted by Gasteiger charge is 2.43. The number of aromatic nitrogens is 4. The molecule has 3 heterocycles. The van der Waals surface area contributed by atoms with Crippen molar-refractivity contribution in [2.24, 2.45) is 0 Å². The summed E-state index contributed by atoms with van der Waals surface area (Å²) in [5.41, 5.74) is 12.1. The van der Waals surface area contributed by atoms with Crippen LogP contribution in [0.3, 0.4) is 0 Å². The Hall–Kier alpha value is -1.62. The molecule has 2 aromatic rings. The molecule has 0 bridgehead atoms. The molecule has 0 aliphatic carbocycles. The van der Waals surface area contributed by atoms with E-state index in [0.29, 0.717) is 11.2 Å². The predicted molar refractivity (Wildman–Crippen MR) is 73.7 cm³/mol. The molecule has 0 spiro atoms. The summed E-state index contributed by atoms with van der Waals surface area (Å²) in [7, 11) is 0. The molecule has 0 aromatic carbocycles. The van der Waals surface area contributed by atoms with Crippen molar-refractivity contribution in [2.75, 3.05) is 18.1 Å². The summed E-state index contributed by atoms with van der Waals surface area (Å²) in [6.45, 7) is -0.231. The standard InChI is InChI=1S/C10H14N6O3S/c11-7-4-8(15-10(12)14-7)13-2-16(4)9-6(19)5(18)3(1-17)20-9/h2-3,5-6,9,17-19H,1H2,(H4,11,12,14,15)/t3-,5-,6+,9+/m1/s1. The number of hydrogen-bond donors (Lipinski definition) is 5. The Labute approximate surface area is 117 Å². The lowest BCUT2D eigenvalue weighted by molar-refractivity contribution is 0.0113. The molecule has 3 rings (SSSR count). The van der Waals surface area contributed by atoms with E-state index in [1.165, 1.54) is 18.1 Å². The van der Waals surface area contributed by atoms with Gasteiger partial charge in [0.2, 0.25) is 5.95 Å². The second-order valence-corrected chi connectivity index (χ2v) is 5.88. The fourth-order valence-corrected chi connectivity index (χ4v) is 3.67. The number of imidazole rings is 1. The number of thioether (sulfide) groups is 1. The van der Waals surface area contributed by atoms with Gasteiger partial charge in [0.25, 0.3) is 0 Å². The Morgan fingerprint density at radius 1 is 1.25 bits per heavy atom. The van der Waals surface area contributed by atoms with Gasteiger partial charge in [-0.3, -0.25) is 0 Å². The van der Waals surface area contributed by atoms with Gasteiger partial charge in [0.05, 0.1) is 24.3 Å². The first-order chi connectivity index (χ1) is 9.52. The third kappa shape index (κ3) is 1.88. The number of hydrogen-bond acceptors (Lipinski definition) is 9. The molecule has 20 heavy (non-hydrogen) atoms. The summed E-state index contributed by atoms with van der Waals surface area (Å²) >= 11 is 1.24. The van der Waals surface area contributed by atoms with E-state index >= 15 is 0 Å². The monoisotopic (exact) mass is 298 g/mol. The average molecular weight is 298 g/mol. The van der Waals surface area contributed by atoms with Crippen LogP contribution in [0.25, 0.3) is 11.2 Å². The maximum absolute atomic E-state index is 10.1. The van der Waals surface area contributed by atoms with Crippen LogP contribution in [0.15, 0.2) is 6.33 Å². The van der Waals surface area contributed by atoms with Gasteiger partial charge in [0.1, 0.15) is 17.0 Å². The minimum Gasteiger partial charge on any atom is -0.395 e. The van der Waals surface area contributed by atoms with E-state index in [2.05, 4.69) is 15.0 Å². The first kappa shape index (κ1) is 13.4. The lowest BCUT2D eigenvalue weighted by Gasteiger charge is -2.17. The van der Waals surface area contributed by atoms with Crippen molar-refractivity contribution < 1.29 is 15.3 Å².